The van der Waals surface area contributed by atoms with E-state index in [0.717, 1.165) is 16.7 Å². The first-order valence-corrected chi connectivity index (χ1v) is 7.14. The molecule has 0 radical (unpaired) electrons. The van der Waals surface area contributed by atoms with Crippen molar-refractivity contribution in [1.82, 2.24) is 9.88 Å². The number of anilines is 1. The number of piperidine rings is 1. The smallest absolute Gasteiger partial charge is 0.0590 e. The summed E-state index contributed by atoms with van der Waals surface area (Å²) in [6, 6.07) is 2.60. The number of aromatic nitrogens is 1. The quantitative estimate of drug-likeness (QED) is 0.925. The number of nitrogens with one attached hydrogen (secondary N) is 1. The van der Waals surface area contributed by atoms with Crippen LogP contribution in [0.3, 0.4) is 0 Å². The maximum atomic E-state index is 4.06. The highest BCUT2D eigenvalue weighted by atomic mass is 79.9. The summed E-state index contributed by atoms with van der Waals surface area (Å²) in [5.74, 6) is 0. The van der Waals surface area contributed by atoms with Crippen LogP contribution in [0, 0.1) is 0 Å². The topological polar surface area (TPSA) is 28.2 Å². The first-order valence-electron chi connectivity index (χ1n) is 6.35. The molecule has 1 N–H and O–H groups in total. The van der Waals surface area contributed by atoms with Crippen molar-refractivity contribution < 1.29 is 0 Å². The zero-order valence-electron chi connectivity index (χ0n) is 10.3. The van der Waals surface area contributed by atoms with Crippen LogP contribution < -0.4 is 5.32 Å². The normalized spacial score (nSPS) is 18.9. The molecule has 0 aliphatic carbocycles. The molecule has 17 heavy (non-hydrogen) atoms. The van der Waals surface area contributed by atoms with Gasteiger partial charge in [-0.2, -0.15) is 0 Å². The third-order valence-electron chi connectivity index (χ3n) is 3.37. The Hall–Kier alpha value is -0.610. The Morgan fingerprint density at radius 3 is 2.88 bits per heavy atom. The summed E-state index contributed by atoms with van der Waals surface area (Å²) in [6.07, 6.45) is 7.74. The van der Waals surface area contributed by atoms with Crippen molar-refractivity contribution in [2.24, 2.45) is 0 Å². The van der Waals surface area contributed by atoms with E-state index < -0.39 is 0 Å². The number of hydrogen-bond donors (Lipinski definition) is 1. The van der Waals surface area contributed by atoms with Crippen LogP contribution in [-0.2, 0) is 0 Å². The van der Waals surface area contributed by atoms with Crippen LogP contribution in [0.2, 0.25) is 0 Å². The summed E-state index contributed by atoms with van der Waals surface area (Å²) < 4.78 is 1.03. The number of pyridine rings is 1. The number of likely N-dealkylation sites (tertiary alicyclic amines) is 1. The van der Waals surface area contributed by atoms with Crippen molar-refractivity contribution in [3.05, 3.63) is 22.9 Å². The van der Waals surface area contributed by atoms with E-state index in [1.54, 1.807) is 0 Å². The molecule has 0 saturated carbocycles. The molecular weight excluding hydrogens is 278 g/mol. The van der Waals surface area contributed by atoms with Crippen molar-refractivity contribution in [2.45, 2.75) is 32.2 Å². The zero-order chi connectivity index (χ0) is 12.1. The van der Waals surface area contributed by atoms with Gasteiger partial charge >= 0.3 is 0 Å². The molecule has 3 nitrogen and oxygen atoms in total. The molecule has 1 saturated heterocycles. The molecule has 1 unspecified atom stereocenters. The summed E-state index contributed by atoms with van der Waals surface area (Å²) in [6.45, 7) is 5.79. The van der Waals surface area contributed by atoms with Crippen molar-refractivity contribution in [1.29, 1.82) is 0 Å². The number of halogens is 1. The minimum absolute atomic E-state index is 0.593. The van der Waals surface area contributed by atoms with E-state index in [4.69, 9.17) is 0 Å². The fraction of sp³-hybridized carbons (Fsp3) is 0.615. The third-order valence-corrected chi connectivity index (χ3v) is 4.01. The van der Waals surface area contributed by atoms with E-state index in [0.29, 0.717) is 6.04 Å². The second-order valence-electron chi connectivity index (χ2n) is 4.68. The number of rotatable bonds is 4. The second kappa shape index (κ2) is 6.36. The van der Waals surface area contributed by atoms with Crippen LogP contribution in [0.5, 0.6) is 0 Å². The molecule has 1 atom stereocenters. The van der Waals surface area contributed by atoms with Crippen LogP contribution in [-0.4, -0.2) is 35.6 Å². The molecule has 2 rings (SSSR count). The Labute approximate surface area is 112 Å². The van der Waals surface area contributed by atoms with Crippen LogP contribution in [0.15, 0.2) is 22.9 Å². The van der Waals surface area contributed by atoms with E-state index >= 15 is 0 Å². The van der Waals surface area contributed by atoms with Gasteiger partial charge in [0.2, 0.25) is 0 Å². The number of hydrogen-bond acceptors (Lipinski definition) is 3. The predicted octanol–water partition coefficient (Wildman–Crippen LogP) is 3.13. The molecule has 4 heteroatoms. The molecule has 1 aromatic heterocycles. The Morgan fingerprint density at radius 2 is 2.18 bits per heavy atom. The predicted molar refractivity (Wildman–Crippen MR) is 75.3 cm³/mol. The van der Waals surface area contributed by atoms with Crippen molar-refractivity contribution >= 4 is 21.6 Å². The summed E-state index contributed by atoms with van der Waals surface area (Å²) in [5.41, 5.74) is 1.13. The summed E-state index contributed by atoms with van der Waals surface area (Å²) in [4.78, 5) is 6.64. The van der Waals surface area contributed by atoms with Gasteiger partial charge in [0.15, 0.2) is 0 Å². The van der Waals surface area contributed by atoms with Gasteiger partial charge in [0.25, 0.3) is 0 Å². The highest BCUT2D eigenvalue weighted by Crippen LogP contribution is 2.20. The first kappa shape index (κ1) is 12.8. The van der Waals surface area contributed by atoms with Crippen LogP contribution >= 0.6 is 15.9 Å². The average Bonchev–Trinajstić information content (AvgIpc) is 2.38. The molecular formula is C13H20BrN3. The van der Waals surface area contributed by atoms with Gasteiger partial charge < -0.3 is 5.32 Å². The van der Waals surface area contributed by atoms with Crippen molar-refractivity contribution in [3.63, 3.8) is 0 Å². The Balaban J connectivity index is 1.83. The highest BCUT2D eigenvalue weighted by molar-refractivity contribution is 9.10. The fourth-order valence-corrected chi connectivity index (χ4v) is 2.66. The number of nitrogens with zero attached hydrogens (tertiary/aromatic N) is 2. The van der Waals surface area contributed by atoms with E-state index in [2.05, 4.69) is 38.1 Å². The molecule has 1 aromatic rings. The lowest BCUT2D eigenvalue weighted by molar-refractivity contribution is 0.180. The van der Waals surface area contributed by atoms with Gasteiger partial charge in [-0.15, -0.1) is 0 Å². The van der Waals surface area contributed by atoms with E-state index in [1.165, 1.54) is 32.4 Å². The molecule has 0 bridgehead atoms. The standard InChI is InChI=1S/C13H20BrN3/c1-11(17-7-3-2-4-8-17)9-16-13-5-6-15-10-12(13)14/h5-6,10-11H,2-4,7-9H2,1H3,(H,15,16). The van der Waals surface area contributed by atoms with Gasteiger partial charge in [0.1, 0.15) is 0 Å². The molecule has 2 heterocycles. The van der Waals surface area contributed by atoms with Crippen LogP contribution in [0.4, 0.5) is 5.69 Å². The lowest BCUT2D eigenvalue weighted by Crippen LogP contribution is -2.41. The van der Waals surface area contributed by atoms with E-state index in [9.17, 15) is 0 Å². The second-order valence-corrected chi connectivity index (χ2v) is 5.54. The fourth-order valence-electron chi connectivity index (χ4n) is 2.26. The summed E-state index contributed by atoms with van der Waals surface area (Å²) in [7, 11) is 0. The molecule has 1 aliphatic rings. The van der Waals surface area contributed by atoms with Gasteiger partial charge in [0, 0.05) is 25.0 Å². The van der Waals surface area contributed by atoms with Crippen LogP contribution in [0.25, 0.3) is 0 Å². The van der Waals surface area contributed by atoms with Gasteiger partial charge in [-0.3, -0.25) is 9.88 Å². The minimum Gasteiger partial charge on any atom is -0.382 e. The van der Waals surface area contributed by atoms with Crippen molar-refractivity contribution in [3.8, 4) is 0 Å². The Morgan fingerprint density at radius 1 is 1.41 bits per heavy atom. The molecule has 0 amide bonds. The third kappa shape index (κ3) is 3.68. The molecule has 0 spiro atoms. The highest BCUT2D eigenvalue weighted by Gasteiger charge is 2.16. The van der Waals surface area contributed by atoms with E-state index in [-0.39, 0.29) is 0 Å². The zero-order valence-corrected chi connectivity index (χ0v) is 11.9. The SMILES string of the molecule is CC(CNc1ccncc1Br)N1CCCCC1. The Bertz CT molecular complexity index is 350. The molecule has 94 valence electrons. The lowest BCUT2D eigenvalue weighted by Gasteiger charge is -2.32. The largest absolute Gasteiger partial charge is 0.382 e. The van der Waals surface area contributed by atoms with E-state index in [1.807, 2.05) is 18.5 Å². The summed E-state index contributed by atoms with van der Waals surface area (Å²) >= 11 is 3.50. The van der Waals surface area contributed by atoms with Gasteiger partial charge in [-0.05, 0) is 54.9 Å². The molecule has 0 aromatic carbocycles. The Kier molecular flexibility index (Phi) is 4.80. The van der Waals surface area contributed by atoms with Crippen molar-refractivity contribution in [2.75, 3.05) is 25.0 Å². The van der Waals surface area contributed by atoms with Gasteiger partial charge in [-0.25, -0.2) is 0 Å². The molecule has 1 aliphatic heterocycles. The maximum Gasteiger partial charge on any atom is 0.0590 e. The lowest BCUT2D eigenvalue weighted by atomic mass is 10.1. The van der Waals surface area contributed by atoms with Crippen LogP contribution in [0.1, 0.15) is 26.2 Å². The van der Waals surface area contributed by atoms with Gasteiger partial charge in [-0.1, -0.05) is 6.42 Å². The molecule has 1 fully saturated rings. The first-order chi connectivity index (χ1) is 8.27. The van der Waals surface area contributed by atoms with Gasteiger partial charge in [0.05, 0.1) is 10.2 Å². The maximum absolute atomic E-state index is 4.06. The monoisotopic (exact) mass is 297 g/mol. The summed E-state index contributed by atoms with van der Waals surface area (Å²) in [5, 5.41) is 3.48. The minimum atomic E-state index is 0.593. The average molecular weight is 298 g/mol.